The number of aromatic nitrogens is 2. The smallest absolute Gasteiger partial charge is 0.290 e. The standard InChI is InChI=1S/C24H21N3O3/c1-17-8-10-19(11-9-17)22-14-23(30-27-22)24(28)26-15-18-5-4-7-21(13-18)29-16-20-6-2-3-12-25-20/h2-14H,15-16H2,1H3,(H,26,28). The van der Waals surface area contributed by atoms with Gasteiger partial charge in [0.1, 0.15) is 18.1 Å². The molecule has 150 valence electrons. The van der Waals surface area contributed by atoms with Crippen molar-refractivity contribution < 1.29 is 14.1 Å². The van der Waals surface area contributed by atoms with E-state index in [0.717, 1.165) is 22.4 Å². The first-order valence-electron chi connectivity index (χ1n) is 9.61. The van der Waals surface area contributed by atoms with E-state index >= 15 is 0 Å². The lowest BCUT2D eigenvalue weighted by Gasteiger charge is -2.08. The summed E-state index contributed by atoms with van der Waals surface area (Å²) >= 11 is 0. The number of nitrogens with one attached hydrogen (secondary N) is 1. The number of carbonyl (C=O) groups excluding carboxylic acids is 1. The first-order chi connectivity index (χ1) is 14.7. The number of pyridine rings is 1. The molecular formula is C24H21N3O3. The number of aryl methyl sites for hydroxylation is 1. The number of rotatable bonds is 7. The summed E-state index contributed by atoms with van der Waals surface area (Å²) in [7, 11) is 0. The van der Waals surface area contributed by atoms with Gasteiger partial charge in [0.2, 0.25) is 5.76 Å². The SMILES string of the molecule is Cc1ccc(-c2cc(C(=O)NCc3cccc(OCc4ccccn4)c3)on2)cc1. The maximum absolute atomic E-state index is 12.4. The van der Waals surface area contributed by atoms with E-state index in [1.165, 1.54) is 0 Å². The Hall–Kier alpha value is -3.93. The van der Waals surface area contributed by atoms with E-state index in [1.807, 2.05) is 73.7 Å². The third-order valence-electron chi connectivity index (χ3n) is 4.55. The van der Waals surface area contributed by atoms with Crippen LogP contribution in [0.5, 0.6) is 5.75 Å². The van der Waals surface area contributed by atoms with Gasteiger partial charge in [-0.15, -0.1) is 0 Å². The first kappa shape index (κ1) is 19.4. The second kappa shape index (κ2) is 9.05. The van der Waals surface area contributed by atoms with Crippen LogP contribution in [0.15, 0.2) is 83.5 Å². The molecule has 0 fully saturated rings. The average molecular weight is 399 g/mol. The molecule has 0 aliphatic rings. The predicted molar refractivity (Wildman–Crippen MR) is 113 cm³/mol. The van der Waals surface area contributed by atoms with Gasteiger partial charge in [0.05, 0.1) is 5.69 Å². The second-order valence-electron chi connectivity index (χ2n) is 6.88. The summed E-state index contributed by atoms with van der Waals surface area (Å²) in [5, 5.41) is 6.85. The van der Waals surface area contributed by atoms with Gasteiger partial charge in [-0.1, -0.05) is 53.2 Å². The van der Waals surface area contributed by atoms with Crippen LogP contribution < -0.4 is 10.1 Å². The Morgan fingerprint density at radius 1 is 1.03 bits per heavy atom. The molecule has 0 aliphatic carbocycles. The second-order valence-corrected chi connectivity index (χ2v) is 6.88. The Bertz CT molecular complexity index is 1120. The number of nitrogens with zero attached hydrogens (tertiary/aromatic N) is 2. The van der Waals surface area contributed by atoms with Gasteiger partial charge < -0.3 is 14.6 Å². The summed E-state index contributed by atoms with van der Waals surface area (Å²) in [6, 6.07) is 22.8. The van der Waals surface area contributed by atoms with Crippen molar-refractivity contribution in [1.82, 2.24) is 15.5 Å². The third kappa shape index (κ3) is 4.91. The zero-order chi connectivity index (χ0) is 20.8. The Balaban J connectivity index is 1.34. The topological polar surface area (TPSA) is 77.2 Å². The summed E-state index contributed by atoms with van der Waals surface area (Å²) in [6.45, 7) is 2.75. The summed E-state index contributed by atoms with van der Waals surface area (Å²) in [6.07, 6.45) is 1.73. The molecule has 4 rings (SSSR count). The molecule has 0 saturated heterocycles. The van der Waals surface area contributed by atoms with Crippen LogP contribution in [0.1, 0.15) is 27.4 Å². The van der Waals surface area contributed by atoms with Crippen LogP contribution in [0, 0.1) is 6.92 Å². The van der Waals surface area contributed by atoms with E-state index in [1.54, 1.807) is 12.3 Å². The number of hydrogen-bond donors (Lipinski definition) is 1. The monoisotopic (exact) mass is 399 g/mol. The van der Waals surface area contributed by atoms with Gasteiger partial charge in [0, 0.05) is 24.4 Å². The van der Waals surface area contributed by atoms with Gasteiger partial charge in [-0.3, -0.25) is 9.78 Å². The van der Waals surface area contributed by atoms with Gasteiger partial charge >= 0.3 is 0 Å². The minimum Gasteiger partial charge on any atom is -0.487 e. The molecule has 6 nitrogen and oxygen atoms in total. The highest BCUT2D eigenvalue weighted by atomic mass is 16.5. The van der Waals surface area contributed by atoms with Crippen molar-refractivity contribution in [2.24, 2.45) is 0 Å². The van der Waals surface area contributed by atoms with Crippen molar-refractivity contribution in [3.05, 3.63) is 102 Å². The summed E-state index contributed by atoms with van der Waals surface area (Å²) in [5.41, 5.74) is 4.46. The van der Waals surface area contributed by atoms with Crippen molar-refractivity contribution in [2.45, 2.75) is 20.1 Å². The van der Waals surface area contributed by atoms with Crippen LogP contribution in [-0.2, 0) is 13.2 Å². The third-order valence-corrected chi connectivity index (χ3v) is 4.55. The van der Waals surface area contributed by atoms with E-state index < -0.39 is 0 Å². The fourth-order valence-electron chi connectivity index (χ4n) is 2.90. The van der Waals surface area contributed by atoms with E-state index in [9.17, 15) is 4.79 Å². The molecule has 0 aliphatic heterocycles. The molecule has 0 radical (unpaired) electrons. The largest absolute Gasteiger partial charge is 0.487 e. The van der Waals surface area contributed by atoms with Gasteiger partial charge in [-0.25, -0.2) is 0 Å². The van der Waals surface area contributed by atoms with Crippen molar-refractivity contribution in [3.63, 3.8) is 0 Å². The molecule has 0 unspecified atom stereocenters. The lowest BCUT2D eigenvalue weighted by Crippen LogP contribution is -2.22. The van der Waals surface area contributed by atoms with Crippen LogP contribution in [0.25, 0.3) is 11.3 Å². The van der Waals surface area contributed by atoms with Gasteiger partial charge in [-0.05, 0) is 36.8 Å². The lowest BCUT2D eigenvalue weighted by molar-refractivity contribution is 0.0914. The zero-order valence-electron chi connectivity index (χ0n) is 16.5. The molecule has 30 heavy (non-hydrogen) atoms. The molecule has 2 heterocycles. The fraction of sp³-hybridized carbons (Fsp3) is 0.125. The van der Waals surface area contributed by atoms with Crippen LogP contribution in [0.3, 0.4) is 0 Å². The minimum atomic E-state index is -0.319. The number of carbonyl (C=O) groups is 1. The Morgan fingerprint density at radius 2 is 1.90 bits per heavy atom. The Labute approximate surface area is 174 Å². The zero-order valence-corrected chi connectivity index (χ0v) is 16.5. The minimum absolute atomic E-state index is 0.174. The van der Waals surface area contributed by atoms with Crippen LogP contribution >= 0.6 is 0 Å². The molecule has 0 saturated carbocycles. The fourth-order valence-corrected chi connectivity index (χ4v) is 2.90. The van der Waals surface area contributed by atoms with E-state index in [4.69, 9.17) is 9.26 Å². The van der Waals surface area contributed by atoms with Crippen molar-refractivity contribution >= 4 is 5.91 Å². The highest BCUT2D eigenvalue weighted by Crippen LogP contribution is 2.20. The molecule has 0 spiro atoms. The number of amides is 1. The maximum Gasteiger partial charge on any atom is 0.290 e. The maximum atomic E-state index is 12.4. The Kier molecular flexibility index (Phi) is 5.85. The van der Waals surface area contributed by atoms with Gasteiger partial charge in [-0.2, -0.15) is 0 Å². The normalized spacial score (nSPS) is 10.6. The van der Waals surface area contributed by atoms with Crippen LogP contribution in [0.4, 0.5) is 0 Å². The molecular weight excluding hydrogens is 378 g/mol. The molecule has 4 aromatic rings. The quantitative estimate of drug-likeness (QED) is 0.493. The number of benzene rings is 2. The predicted octanol–water partition coefficient (Wildman–Crippen LogP) is 4.55. The summed E-state index contributed by atoms with van der Waals surface area (Å²) in [4.78, 5) is 16.7. The van der Waals surface area contributed by atoms with Crippen molar-refractivity contribution in [3.8, 4) is 17.0 Å². The molecule has 1 N–H and O–H groups in total. The average Bonchev–Trinajstić information content (AvgIpc) is 3.28. The van der Waals surface area contributed by atoms with E-state index in [-0.39, 0.29) is 11.7 Å². The number of ether oxygens (including phenoxy) is 1. The molecule has 2 aromatic heterocycles. The molecule has 2 aromatic carbocycles. The highest BCUT2D eigenvalue weighted by molar-refractivity contribution is 5.92. The Morgan fingerprint density at radius 3 is 2.70 bits per heavy atom. The summed E-state index contributed by atoms with van der Waals surface area (Å²) in [5.74, 6) is 0.572. The van der Waals surface area contributed by atoms with Crippen molar-refractivity contribution in [2.75, 3.05) is 0 Å². The van der Waals surface area contributed by atoms with Crippen LogP contribution in [0.2, 0.25) is 0 Å². The summed E-state index contributed by atoms with van der Waals surface area (Å²) < 4.78 is 11.0. The molecule has 6 heteroatoms. The highest BCUT2D eigenvalue weighted by Gasteiger charge is 2.14. The van der Waals surface area contributed by atoms with Gasteiger partial charge in [0.15, 0.2) is 0 Å². The molecule has 1 amide bonds. The van der Waals surface area contributed by atoms with E-state index in [0.29, 0.717) is 24.6 Å². The van der Waals surface area contributed by atoms with Crippen molar-refractivity contribution in [1.29, 1.82) is 0 Å². The molecule has 0 bridgehead atoms. The first-order valence-corrected chi connectivity index (χ1v) is 9.61. The van der Waals surface area contributed by atoms with Gasteiger partial charge in [0.25, 0.3) is 5.91 Å². The van der Waals surface area contributed by atoms with E-state index in [2.05, 4.69) is 15.5 Å². The van der Waals surface area contributed by atoms with Crippen LogP contribution in [-0.4, -0.2) is 16.0 Å². The number of hydrogen-bond acceptors (Lipinski definition) is 5. The lowest BCUT2D eigenvalue weighted by atomic mass is 10.1. The molecule has 0 atom stereocenters.